The van der Waals surface area contributed by atoms with Gasteiger partial charge in [0.15, 0.2) is 5.16 Å². The van der Waals surface area contributed by atoms with Crippen molar-refractivity contribution in [1.82, 2.24) is 13.9 Å². The van der Waals surface area contributed by atoms with Crippen molar-refractivity contribution in [1.29, 1.82) is 0 Å². The van der Waals surface area contributed by atoms with Crippen LogP contribution in [-0.4, -0.2) is 48.1 Å². The molecule has 0 aliphatic carbocycles. The van der Waals surface area contributed by atoms with E-state index < -0.39 is 10.0 Å². The van der Waals surface area contributed by atoms with Crippen molar-refractivity contribution >= 4 is 48.7 Å². The molecule has 1 aromatic heterocycles. The fourth-order valence-electron chi connectivity index (χ4n) is 4.36. The largest absolute Gasteiger partial charge is 0.376 e. The highest BCUT2D eigenvalue weighted by atomic mass is 79.9. The summed E-state index contributed by atoms with van der Waals surface area (Å²) in [5, 5.41) is 0.891. The normalized spacial score (nSPS) is 19.8. The lowest BCUT2D eigenvalue weighted by atomic mass is 10.2. The zero-order valence-corrected chi connectivity index (χ0v) is 21.0. The van der Waals surface area contributed by atoms with Gasteiger partial charge in [-0.25, -0.2) is 13.4 Å². The second kappa shape index (κ2) is 9.46. The first-order chi connectivity index (χ1) is 15.5. The van der Waals surface area contributed by atoms with Crippen LogP contribution in [0.5, 0.6) is 0 Å². The number of hydrogen-bond donors (Lipinski definition) is 0. The molecule has 0 unspecified atom stereocenters. The summed E-state index contributed by atoms with van der Waals surface area (Å²) in [6.07, 6.45) is 4.13. The molecule has 6 nitrogen and oxygen atoms in total. The Bertz CT molecular complexity index is 1220. The molecule has 9 heteroatoms. The van der Waals surface area contributed by atoms with Gasteiger partial charge >= 0.3 is 0 Å². The van der Waals surface area contributed by atoms with E-state index in [-0.39, 0.29) is 6.10 Å². The molecule has 2 aromatic carbocycles. The Morgan fingerprint density at radius 2 is 1.94 bits per heavy atom. The lowest BCUT2D eigenvalue weighted by Gasteiger charge is -2.16. The summed E-state index contributed by atoms with van der Waals surface area (Å²) in [7, 11) is -3.47. The van der Waals surface area contributed by atoms with Crippen molar-refractivity contribution in [2.45, 2.75) is 54.1 Å². The molecule has 0 spiro atoms. The highest BCUT2D eigenvalue weighted by Crippen LogP contribution is 2.32. The van der Waals surface area contributed by atoms with Gasteiger partial charge in [-0.1, -0.05) is 45.9 Å². The van der Waals surface area contributed by atoms with Crippen molar-refractivity contribution in [3.63, 3.8) is 0 Å². The minimum absolute atomic E-state index is 0.170. The molecule has 170 valence electrons. The monoisotopic (exact) mass is 535 g/mol. The topological polar surface area (TPSA) is 64.4 Å². The molecule has 32 heavy (non-hydrogen) atoms. The highest BCUT2D eigenvalue weighted by molar-refractivity contribution is 9.10. The molecule has 2 saturated heterocycles. The first-order valence-electron chi connectivity index (χ1n) is 11.0. The van der Waals surface area contributed by atoms with E-state index >= 15 is 0 Å². The molecular weight excluding hydrogens is 510 g/mol. The van der Waals surface area contributed by atoms with Crippen LogP contribution in [0.1, 0.15) is 31.2 Å². The van der Waals surface area contributed by atoms with Crippen LogP contribution in [0.15, 0.2) is 57.0 Å². The Labute approximate surface area is 201 Å². The van der Waals surface area contributed by atoms with E-state index in [1.165, 1.54) is 5.56 Å². The van der Waals surface area contributed by atoms with E-state index in [0.29, 0.717) is 18.0 Å². The minimum atomic E-state index is -3.47. The van der Waals surface area contributed by atoms with Crippen molar-refractivity contribution < 1.29 is 13.2 Å². The van der Waals surface area contributed by atoms with E-state index in [1.807, 2.05) is 24.3 Å². The minimum Gasteiger partial charge on any atom is -0.376 e. The summed E-state index contributed by atoms with van der Waals surface area (Å²) < 4.78 is 36.9. The number of ether oxygens (including phenoxy) is 1. The van der Waals surface area contributed by atoms with E-state index in [4.69, 9.17) is 9.72 Å². The summed E-state index contributed by atoms with van der Waals surface area (Å²) in [6, 6.07) is 13.6. The van der Waals surface area contributed by atoms with Gasteiger partial charge in [-0.2, -0.15) is 4.31 Å². The molecular formula is C23H26BrN3O3S2. The third kappa shape index (κ3) is 4.50. The number of halogens is 1. The molecule has 2 fully saturated rings. The summed E-state index contributed by atoms with van der Waals surface area (Å²) in [5.41, 5.74) is 2.87. The number of imidazole rings is 1. The molecule has 0 N–H and O–H groups in total. The Morgan fingerprint density at radius 3 is 2.69 bits per heavy atom. The first-order valence-corrected chi connectivity index (χ1v) is 14.2. The van der Waals surface area contributed by atoms with Crippen LogP contribution in [0.2, 0.25) is 0 Å². The number of nitrogens with zero attached hydrogens (tertiary/aromatic N) is 3. The number of hydrogen-bond acceptors (Lipinski definition) is 5. The van der Waals surface area contributed by atoms with Crippen LogP contribution in [0.4, 0.5) is 0 Å². The van der Waals surface area contributed by atoms with Crippen LogP contribution in [0.3, 0.4) is 0 Å². The fourth-order valence-corrected chi connectivity index (χ4v) is 7.54. The summed E-state index contributed by atoms with van der Waals surface area (Å²) in [4.78, 5) is 5.20. The molecule has 0 bridgehead atoms. The van der Waals surface area contributed by atoms with Gasteiger partial charge in [-0.15, -0.1) is 0 Å². The van der Waals surface area contributed by atoms with Crippen molar-refractivity contribution in [3.05, 3.63) is 52.5 Å². The Morgan fingerprint density at radius 1 is 1.12 bits per heavy atom. The SMILES string of the molecule is O=S(=O)(c1ccc2c(c1)nc(SCc1ccccc1Br)n2C[C@@H]1CCCO1)N1CCCC1. The molecule has 3 heterocycles. The number of thioether (sulfide) groups is 1. The van der Waals surface area contributed by atoms with Crippen molar-refractivity contribution in [2.75, 3.05) is 19.7 Å². The van der Waals surface area contributed by atoms with E-state index in [1.54, 1.807) is 28.2 Å². The van der Waals surface area contributed by atoms with Crippen LogP contribution in [0, 0.1) is 0 Å². The maximum Gasteiger partial charge on any atom is 0.243 e. The molecule has 0 saturated carbocycles. The van der Waals surface area contributed by atoms with Gasteiger partial charge in [0.1, 0.15) is 0 Å². The third-order valence-electron chi connectivity index (χ3n) is 6.11. The summed E-state index contributed by atoms with van der Waals surface area (Å²) in [5.74, 6) is 0.773. The molecule has 2 aliphatic rings. The lowest BCUT2D eigenvalue weighted by Crippen LogP contribution is -2.27. The van der Waals surface area contributed by atoms with E-state index in [2.05, 4.69) is 26.6 Å². The Balaban J connectivity index is 1.49. The molecule has 0 radical (unpaired) electrons. The Kier molecular flexibility index (Phi) is 6.63. The maximum atomic E-state index is 13.1. The Hall–Kier alpha value is -1.39. The maximum absolute atomic E-state index is 13.1. The predicted octanol–water partition coefficient (Wildman–Crippen LogP) is 5.05. The van der Waals surface area contributed by atoms with Crippen LogP contribution >= 0.6 is 27.7 Å². The summed E-state index contributed by atoms with van der Waals surface area (Å²) >= 11 is 5.29. The van der Waals surface area contributed by atoms with Gasteiger partial charge in [0, 0.05) is 29.9 Å². The summed E-state index contributed by atoms with van der Waals surface area (Å²) in [6.45, 7) is 2.73. The van der Waals surface area contributed by atoms with Crippen LogP contribution < -0.4 is 0 Å². The van der Waals surface area contributed by atoms with Gasteiger partial charge < -0.3 is 9.30 Å². The zero-order valence-electron chi connectivity index (χ0n) is 17.7. The predicted molar refractivity (Wildman–Crippen MR) is 130 cm³/mol. The van der Waals surface area contributed by atoms with Crippen molar-refractivity contribution in [3.8, 4) is 0 Å². The number of sulfonamides is 1. The average molecular weight is 537 g/mol. The number of aromatic nitrogens is 2. The third-order valence-corrected chi connectivity index (χ3v) is 9.81. The number of fused-ring (bicyclic) bond motifs is 1. The fraction of sp³-hybridized carbons (Fsp3) is 0.435. The second-order valence-electron chi connectivity index (χ2n) is 8.28. The highest BCUT2D eigenvalue weighted by Gasteiger charge is 2.28. The van der Waals surface area contributed by atoms with Gasteiger partial charge in [0.05, 0.1) is 28.6 Å². The lowest BCUT2D eigenvalue weighted by molar-refractivity contribution is 0.0960. The molecule has 0 amide bonds. The standard InChI is InChI=1S/C23H26BrN3O3S2/c24-20-8-2-1-6-17(20)16-31-23-25-21-14-19(32(28,29)26-11-3-4-12-26)9-10-22(21)27(23)15-18-7-5-13-30-18/h1-2,6,8-10,14,18H,3-5,7,11-13,15-16H2/t18-/m0/s1. The van der Waals surface area contributed by atoms with Crippen molar-refractivity contribution in [2.24, 2.45) is 0 Å². The quantitative estimate of drug-likeness (QED) is 0.396. The van der Waals surface area contributed by atoms with E-state index in [0.717, 1.165) is 65.3 Å². The zero-order chi connectivity index (χ0) is 22.1. The average Bonchev–Trinajstić information content (AvgIpc) is 3.55. The number of benzene rings is 2. The second-order valence-corrected chi connectivity index (χ2v) is 12.0. The van der Waals surface area contributed by atoms with Gasteiger partial charge in [0.2, 0.25) is 10.0 Å². The molecule has 5 rings (SSSR count). The van der Waals surface area contributed by atoms with E-state index in [9.17, 15) is 8.42 Å². The molecule has 1 atom stereocenters. The van der Waals surface area contributed by atoms with Gasteiger partial charge in [-0.05, 0) is 55.5 Å². The smallest absolute Gasteiger partial charge is 0.243 e. The van der Waals surface area contributed by atoms with Crippen LogP contribution in [-0.2, 0) is 27.1 Å². The molecule has 3 aromatic rings. The van der Waals surface area contributed by atoms with Gasteiger partial charge in [0.25, 0.3) is 0 Å². The number of rotatable bonds is 7. The molecule has 2 aliphatic heterocycles. The van der Waals surface area contributed by atoms with Gasteiger partial charge in [-0.3, -0.25) is 0 Å². The van der Waals surface area contributed by atoms with Crippen LogP contribution in [0.25, 0.3) is 11.0 Å². The first kappa shape index (κ1) is 22.4.